The van der Waals surface area contributed by atoms with Crippen LogP contribution in [0.5, 0.6) is 0 Å². The number of hydrogen-bond acceptors (Lipinski definition) is 4. The third-order valence-corrected chi connectivity index (χ3v) is 7.22. The molecule has 1 N–H and O–H groups in total. The SMILES string of the molecule is C=Cc1ccc(-c2ncccc2-c2ccc3ncc(C(=O)NC4CCN(C(C)C)CC4)n3c2)cc1C. The lowest BCUT2D eigenvalue weighted by molar-refractivity contribution is 0.0895. The van der Waals surface area contributed by atoms with Gasteiger partial charge >= 0.3 is 0 Å². The Kier molecular flexibility index (Phi) is 6.70. The molecule has 5 rings (SSSR count). The van der Waals surface area contributed by atoms with E-state index in [4.69, 9.17) is 4.98 Å². The second-order valence-corrected chi connectivity index (χ2v) is 9.84. The normalized spacial score (nSPS) is 14.9. The molecule has 0 spiro atoms. The highest BCUT2D eigenvalue weighted by molar-refractivity contribution is 5.94. The number of benzene rings is 1. The second-order valence-electron chi connectivity index (χ2n) is 9.84. The van der Waals surface area contributed by atoms with Crippen LogP contribution in [0.4, 0.5) is 0 Å². The Morgan fingerprint density at radius 1 is 1.11 bits per heavy atom. The van der Waals surface area contributed by atoms with E-state index in [1.165, 1.54) is 0 Å². The molecule has 4 aromatic rings. The second kappa shape index (κ2) is 10.1. The van der Waals surface area contributed by atoms with E-state index in [9.17, 15) is 4.79 Å². The predicted octanol–water partition coefficient (Wildman–Crippen LogP) is 5.62. The summed E-state index contributed by atoms with van der Waals surface area (Å²) in [7, 11) is 0. The molecule has 6 nitrogen and oxygen atoms in total. The van der Waals surface area contributed by atoms with Gasteiger partial charge in [-0.1, -0.05) is 30.9 Å². The van der Waals surface area contributed by atoms with Crippen molar-refractivity contribution in [1.82, 2.24) is 24.6 Å². The quantitative estimate of drug-likeness (QED) is 0.390. The fourth-order valence-electron chi connectivity index (χ4n) is 5.05. The molecule has 0 unspecified atom stereocenters. The van der Waals surface area contributed by atoms with Gasteiger partial charge in [0.15, 0.2) is 0 Å². The Bertz CT molecular complexity index is 1410. The molecule has 1 aromatic carbocycles. The molecule has 1 aliphatic rings. The van der Waals surface area contributed by atoms with Crippen molar-refractivity contribution < 1.29 is 4.79 Å². The maximum Gasteiger partial charge on any atom is 0.270 e. The average molecular weight is 480 g/mol. The summed E-state index contributed by atoms with van der Waals surface area (Å²) in [4.78, 5) is 24.9. The average Bonchev–Trinajstić information content (AvgIpc) is 3.32. The number of aromatic nitrogens is 3. The molecule has 4 heterocycles. The first-order chi connectivity index (χ1) is 17.4. The van der Waals surface area contributed by atoms with Crippen molar-refractivity contribution in [2.75, 3.05) is 13.1 Å². The predicted molar refractivity (Wildman–Crippen MR) is 146 cm³/mol. The topological polar surface area (TPSA) is 62.5 Å². The van der Waals surface area contributed by atoms with Crippen LogP contribution in [0.25, 0.3) is 34.1 Å². The number of fused-ring (bicyclic) bond motifs is 1. The third-order valence-electron chi connectivity index (χ3n) is 7.22. The lowest BCUT2D eigenvalue weighted by Crippen LogP contribution is -2.46. The summed E-state index contributed by atoms with van der Waals surface area (Å²) in [6.45, 7) is 12.4. The molecule has 0 saturated carbocycles. The Hall–Kier alpha value is -3.77. The molecule has 1 saturated heterocycles. The summed E-state index contributed by atoms with van der Waals surface area (Å²) >= 11 is 0. The first-order valence-corrected chi connectivity index (χ1v) is 12.7. The third kappa shape index (κ3) is 4.69. The molecular weight excluding hydrogens is 446 g/mol. The van der Waals surface area contributed by atoms with Crippen molar-refractivity contribution in [3.05, 3.63) is 84.5 Å². The monoisotopic (exact) mass is 479 g/mol. The minimum Gasteiger partial charge on any atom is -0.348 e. The van der Waals surface area contributed by atoms with E-state index in [0.29, 0.717) is 11.7 Å². The van der Waals surface area contributed by atoms with Gasteiger partial charge in [-0.3, -0.25) is 14.2 Å². The lowest BCUT2D eigenvalue weighted by atomic mass is 9.97. The number of likely N-dealkylation sites (tertiary alicyclic amines) is 1. The van der Waals surface area contributed by atoms with Crippen LogP contribution < -0.4 is 5.32 Å². The first kappa shape index (κ1) is 23.9. The number of carbonyl (C=O) groups excluding carboxylic acids is 1. The molecule has 1 fully saturated rings. The van der Waals surface area contributed by atoms with Crippen LogP contribution in [0.1, 0.15) is 48.3 Å². The Labute approximate surface area is 212 Å². The molecule has 184 valence electrons. The first-order valence-electron chi connectivity index (χ1n) is 12.7. The number of aryl methyl sites for hydroxylation is 1. The highest BCUT2D eigenvalue weighted by atomic mass is 16.2. The van der Waals surface area contributed by atoms with Crippen LogP contribution in [0.2, 0.25) is 0 Å². The van der Waals surface area contributed by atoms with Crippen molar-refractivity contribution in [3.63, 3.8) is 0 Å². The van der Waals surface area contributed by atoms with Crippen molar-refractivity contribution in [3.8, 4) is 22.4 Å². The van der Waals surface area contributed by atoms with Crippen LogP contribution in [-0.4, -0.2) is 50.3 Å². The van der Waals surface area contributed by atoms with Crippen LogP contribution in [0, 0.1) is 6.92 Å². The lowest BCUT2D eigenvalue weighted by Gasteiger charge is -2.34. The fourth-order valence-corrected chi connectivity index (χ4v) is 5.05. The summed E-state index contributed by atoms with van der Waals surface area (Å²) < 4.78 is 1.89. The van der Waals surface area contributed by atoms with Gasteiger partial charge in [-0.2, -0.15) is 0 Å². The summed E-state index contributed by atoms with van der Waals surface area (Å²) in [6.07, 6.45) is 9.27. The van der Waals surface area contributed by atoms with Gasteiger partial charge < -0.3 is 10.2 Å². The summed E-state index contributed by atoms with van der Waals surface area (Å²) in [5.41, 5.74) is 7.50. The number of piperidine rings is 1. The van der Waals surface area contributed by atoms with Crippen molar-refractivity contribution >= 4 is 17.6 Å². The van der Waals surface area contributed by atoms with E-state index >= 15 is 0 Å². The number of rotatable bonds is 6. The Morgan fingerprint density at radius 2 is 1.89 bits per heavy atom. The van der Waals surface area contributed by atoms with Crippen molar-refractivity contribution in [1.29, 1.82) is 0 Å². The van der Waals surface area contributed by atoms with Gasteiger partial charge in [-0.05, 0) is 69.0 Å². The van der Waals surface area contributed by atoms with Gasteiger partial charge in [0.2, 0.25) is 0 Å². The van der Waals surface area contributed by atoms with E-state index in [-0.39, 0.29) is 11.9 Å². The summed E-state index contributed by atoms with van der Waals surface area (Å²) in [5, 5.41) is 3.24. The molecule has 1 aliphatic heterocycles. The molecule has 3 aromatic heterocycles. The highest BCUT2D eigenvalue weighted by Gasteiger charge is 2.23. The van der Waals surface area contributed by atoms with Gasteiger partial charge in [0.05, 0.1) is 11.9 Å². The maximum atomic E-state index is 13.2. The van der Waals surface area contributed by atoms with E-state index in [2.05, 4.69) is 66.8 Å². The van der Waals surface area contributed by atoms with E-state index < -0.39 is 0 Å². The highest BCUT2D eigenvalue weighted by Crippen LogP contribution is 2.32. The minimum atomic E-state index is -0.0790. The molecule has 0 radical (unpaired) electrons. The number of pyridine rings is 2. The molecule has 1 amide bonds. The number of nitrogens with zero attached hydrogens (tertiary/aromatic N) is 4. The Balaban J connectivity index is 1.44. The standard InChI is InChI=1S/C30H33N5O/c1-5-22-8-9-23(17-21(22)4)29-26(7-6-14-31-29)24-10-11-28-32-18-27(35(28)19-24)30(36)33-25-12-15-34(16-13-25)20(2)3/h5-11,14,17-20,25H,1,12-13,15-16H2,2-4H3,(H,33,36). The molecule has 6 heteroatoms. The number of hydrogen-bond donors (Lipinski definition) is 1. The Morgan fingerprint density at radius 3 is 2.61 bits per heavy atom. The minimum absolute atomic E-state index is 0.0790. The summed E-state index contributed by atoms with van der Waals surface area (Å²) in [5.74, 6) is -0.0790. The zero-order valence-corrected chi connectivity index (χ0v) is 21.2. The van der Waals surface area contributed by atoms with Crippen LogP contribution >= 0.6 is 0 Å². The zero-order chi connectivity index (χ0) is 25.2. The van der Waals surface area contributed by atoms with E-state index in [1.807, 2.05) is 41.1 Å². The van der Waals surface area contributed by atoms with Gasteiger partial charge in [-0.15, -0.1) is 0 Å². The van der Waals surface area contributed by atoms with Gasteiger partial charge in [0, 0.05) is 54.3 Å². The molecular formula is C30H33N5O. The van der Waals surface area contributed by atoms with E-state index in [1.54, 1.807) is 6.20 Å². The zero-order valence-electron chi connectivity index (χ0n) is 21.2. The van der Waals surface area contributed by atoms with Crippen molar-refractivity contribution in [2.45, 2.75) is 45.7 Å². The van der Waals surface area contributed by atoms with Crippen LogP contribution in [-0.2, 0) is 0 Å². The molecule has 0 aliphatic carbocycles. The largest absolute Gasteiger partial charge is 0.348 e. The summed E-state index contributed by atoms with van der Waals surface area (Å²) in [6, 6.07) is 15.0. The van der Waals surface area contributed by atoms with Gasteiger partial charge in [0.25, 0.3) is 5.91 Å². The molecule has 0 atom stereocenters. The maximum absolute atomic E-state index is 13.2. The number of imidazole rings is 1. The number of nitrogens with one attached hydrogen (secondary N) is 1. The van der Waals surface area contributed by atoms with Crippen LogP contribution in [0.15, 0.2) is 67.6 Å². The smallest absolute Gasteiger partial charge is 0.270 e. The van der Waals surface area contributed by atoms with Crippen molar-refractivity contribution in [2.24, 2.45) is 0 Å². The molecule has 36 heavy (non-hydrogen) atoms. The molecule has 0 bridgehead atoms. The van der Waals surface area contributed by atoms with Gasteiger partial charge in [-0.25, -0.2) is 4.98 Å². The van der Waals surface area contributed by atoms with E-state index in [0.717, 1.165) is 65.1 Å². The fraction of sp³-hybridized carbons (Fsp3) is 0.300. The number of carbonyl (C=O) groups is 1. The van der Waals surface area contributed by atoms with Crippen LogP contribution in [0.3, 0.4) is 0 Å². The van der Waals surface area contributed by atoms with Gasteiger partial charge in [0.1, 0.15) is 11.3 Å². The number of amides is 1.